The van der Waals surface area contributed by atoms with Crippen molar-refractivity contribution >= 4 is 74.3 Å². The molecule has 0 spiro atoms. The summed E-state index contributed by atoms with van der Waals surface area (Å²) in [6.45, 7) is 1.83. The van der Waals surface area contributed by atoms with Gasteiger partial charge in [-0.15, -0.1) is 6.42 Å². The Morgan fingerprint density at radius 3 is 2.34 bits per heavy atom. The number of nitrogens with one attached hydrogen (secondary N) is 1. The van der Waals surface area contributed by atoms with Gasteiger partial charge in [-0.1, -0.05) is 58.4 Å². The summed E-state index contributed by atoms with van der Waals surface area (Å²) >= 11 is 24.5. The van der Waals surface area contributed by atoms with E-state index < -0.39 is 10.0 Å². The lowest BCUT2D eigenvalue weighted by Gasteiger charge is -2.14. The van der Waals surface area contributed by atoms with E-state index in [1.165, 1.54) is 36.5 Å². The summed E-state index contributed by atoms with van der Waals surface area (Å²) in [6.07, 6.45) is 10.2. The maximum absolute atomic E-state index is 12.7. The van der Waals surface area contributed by atoms with Crippen LogP contribution in [0.1, 0.15) is 6.92 Å². The molecule has 1 aromatic heterocycles. The Bertz CT molecular complexity index is 1440. The van der Waals surface area contributed by atoms with E-state index in [0.717, 1.165) is 0 Å². The minimum absolute atomic E-state index is 0.0259. The van der Waals surface area contributed by atoms with Crippen LogP contribution in [0.25, 0.3) is 12.2 Å². The van der Waals surface area contributed by atoms with E-state index in [-0.39, 0.29) is 31.4 Å². The van der Waals surface area contributed by atoms with Crippen LogP contribution in [0.3, 0.4) is 0 Å². The molecule has 164 valence electrons. The Kier molecular flexibility index (Phi) is 7.60. The molecular formula is C22H14Cl4N2O3S. The number of ether oxygens (including phenoxy) is 1. The van der Waals surface area contributed by atoms with Crippen molar-refractivity contribution in [2.75, 3.05) is 4.72 Å². The topological polar surface area (TPSA) is 68.3 Å². The van der Waals surface area contributed by atoms with Crippen molar-refractivity contribution in [1.82, 2.24) is 4.98 Å². The number of pyridine rings is 1. The van der Waals surface area contributed by atoms with Crippen LogP contribution in [0.15, 0.2) is 47.5 Å². The Hall–Kier alpha value is -2.40. The number of halogens is 4. The van der Waals surface area contributed by atoms with Gasteiger partial charge in [-0.05, 0) is 49.4 Å². The Balaban J connectivity index is 1.93. The van der Waals surface area contributed by atoms with E-state index in [1.807, 2.05) is 6.92 Å². The molecule has 32 heavy (non-hydrogen) atoms. The fourth-order valence-corrected chi connectivity index (χ4v) is 5.09. The van der Waals surface area contributed by atoms with Crippen molar-refractivity contribution in [1.29, 1.82) is 0 Å². The molecule has 0 aliphatic carbocycles. The number of hydrogen-bond acceptors (Lipinski definition) is 4. The van der Waals surface area contributed by atoms with E-state index in [9.17, 15) is 8.42 Å². The summed E-state index contributed by atoms with van der Waals surface area (Å²) in [5.74, 6) is 2.92. The lowest BCUT2D eigenvalue weighted by Crippen LogP contribution is -2.27. The Morgan fingerprint density at radius 2 is 1.75 bits per heavy atom. The zero-order chi connectivity index (χ0) is 23.5. The fourth-order valence-electron chi connectivity index (χ4n) is 2.71. The number of rotatable bonds is 5. The molecule has 0 unspecified atom stereocenters. The monoisotopic (exact) mass is 526 g/mol. The Labute approximate surface area is 205 Å². The molecule has 0 aliphatic rings. The predicted octanol–water partition coefficient (Wildman–Crippen LogP) is 5.50. The standard InChI is InChI=1S/C22H14Cl4N2O3S/c1-3-5-13-8-16(12-27-20(13)4-2)31-22-18(25)10-15(11-19(22)26)28-32(29,30)21-7-6-14(23)9-17(21)24/h1,4-12,28H,2H3/b13-5-,20-4+. The molecule has 0 saturated carbocycles. The first-order valence-electron chi connectivity index (χ1n) is 8.88. The molecular weight excluding hydrogens is 514 g/mol. The number of anilines is 1. The highest BCUT2D eigenvalue weighted by atomic mass is 35.5. The lowest BCUT2D eigenvalue weighted by atomic mass is 10.3. The van der Waals surface area contributed by atoms with Crippen molar-refractivity contribution in [3.8, 4) is 23.8 Å². The van der Waals surface area contributed by atoms with Crippen LogP contribution in [0.2, 0.25) is 20.1 Å². The van der Waals surface area contributed by atoms with E-state index in [0.29, 0.717) is 21.3 Å². The molecule has 2 aromatic carbocycles. The van der Waals surface area contributed by atoms with E-state index in [1.54, 1.807) is 18.2 Å². The van der Waals surface area contributed by atoms with Gasteiger partial charge in [0.1, 0.15) is 10.6 Å². The highest BCUT2D eigenvalue weighted by Crippen LogP contribution is 2.39. The van der Waals surface area contributed by atoms with Crippen molar-refractivity contribution < 1.29 is 13.2 Å². The number of aromatic nitrogens is 1. The van der Waals surface area contributed by atoms with Gasteiger partial charge >= 0.3 is 0 Å². The molecule has 3 aromatic rings. The van der Waals surface area contributed by atoms with Crippen LogP contribution in [-0.4, -0.2) is 13.4 Å². The highest BCUT2D eigenvalue weighted by Gasteiger charge is 2.20. The number of sulfonamides is 1. The van der Waals surface area contributed by atoms with E-state index >= 15 is 0 Å². The largest absolute Gasteiger partial charge is 0.453 e. The van der Waals surface area contributed by atoms with E-state index in [2.05, 4.69) is 15.6 Å². The second-order valence-electron chi connectivity index (χ2n) is 6.30. The molecule has 5 nitrogen and oxygen atoms in total. The van der Waals surface area contributed by atoms with Gasteiger partial charge in [-0.2, -0.15) is 0 Å². The van der Waals surface area contributed by atoms with Gasteiger partial charge < -0.3 is 4.74 Å². The van der Waals surface area contributed by atoms with Gasteiger partial charge in [0.15, 0.2) is 5.75 Å². The predicted molar refractivity (Wildman–Crippen MR) is 131 cm³/mol. The zero-order valence-electron chi connectivity index (χ0n) is 16.4. The van der Waals surface area contributed by atoms with Gasteiger partial charge in [-0.3, -0.25) is 9.71 Å². The summed E-state index contributed by atoms with van der Waals surface area (Å²) in [5, 5.41) is 1.81. The molecule has 3 rings (SSSR count). The maximum Gasteiger partial charge on any atom is 0.263 e. The summed E-state index contributed by atoms with van der Waals surface area (Å²) in [7, 11) is -4.02. The molecule has 0 bridgehead atoms. The number of terminal acetylenes is 1. The summed E-state index contributed by atoms with van der Waals surface area (Å²) < 4.78 is 33.6. The Morgan fingerprint density at radius 1 is 1.06 bits per heavy atom. The molecule has 0 amide bonds. The third-order valence-electron chi connectivity index (χ3n) is 4.09. The molecule has 1 N–H and O–H groups in total. The number of benzene rings is 2. The van der Waals surface area contributed by atoms with Gasteiger partial charge in [0.2, 0.25) is 0 Å². The normalized spacial score (nSPS) is 12.5. The molecule has 0 radical (unpaired) electrons. The van der Waals surface area contributed by atoms with Gasteiger partial charge in [0.05, 0.1) is 32.3 Å². The van der Waals surface area contributed by atoms with Crippen LogP contribution in [-0.2, 0) is 10.0 Å². The molecule has 0 fully saturated rings. The quantitative estimate of drug-likeness (QED) is 0.445. The van der Waals surface area contributed by atoms with Crippen molar-refractivity contribution in [3.63, 3.8) is 0 Å². The van der Waals surface area contributed by atoms with Crippen LogP contribution < -0.4 is 20.0 Å². The lowest BCUT2D eigenvalue weighted by molar-refractivity contribution is 0.480. The summed E-state index contributed by atoms with van der Waals surface area (Å²) in [6, 6.07) is 8.45. The third-order valence-corrected chi connectivity index (χ3v) is 6.75. The first-order valence-corrected chi connectivity index (χ1v) is 11.9. The maximum atomic E-state index is 12.7. The summed E-state index contributed by atoms with van der Waals surface area (Å²) in [5.41, 5.74) is 0.119. The highest BCUT2D eigenvalue weighted by molar-refractivity contribution is 7.92. The van der Waals surface area contributed by atoms with Gasteiger partial charge in [-0.25, -0.2) is 8.42 Å². The molecule has 0 saturated heterocycles. The molecule has 1 heterocycles. The van der Waals surface area contributed by atoms with Crippen LogP contribution >= 0.6 is 46.4 Å². The number of hydrogen-bond donors (Lipinski definition) is 1. The minimum Gasteiger partial charge on any atom is -0.453 e. The minimum atomic E-state index is -4.02. The average Bonchev–Trinajstić information content (AvgIpc) is 2.70. The summed E-state index contributed by atoms with van der Waals surface area (Å²) in [4.78, 5) is 4.13. The smallest absolute Gasteiger partial charge is 0.263 e. The van der Waals surface area contributed by atoms with Gasteiger partial charge in [0, 0.05) is 10.2 Å². The fraction of sp³-hybridized carbons (Fsp3) is 0.0455. The van der Waals surface area contributed by atoms with Crippen molar-refractivity contribution in [3.05, 3.63) is 73.3 Å². The SMILES string of the molecule is C#C/C=c1/cc(Oc2c(Cl)cc(NS(=O)(=O)c3ccc(Cl)cc3Cl)cc2Cl)cn/c1=C/C. The second-order valence-corrected chi connectivity index (χ2v) is 9.61. The zero-order valence-corrected chi connectivity index (χ0v) is 20.2. The van der Waals surface area contributed by atoms with Crippen LogP contribution in [0.5, 0.6) is 11.5 Å². The average molecular weight is 528 g/mol. The van der Waals surface area contributed by atoms with Gasteiger partial charge in [0.25, 0.3) is 10.0 Å². The molecule has 0 aliphatic heterocycles. The van der Waals surface area contributed by atoms with Crippen molar-refractivity contribution in [2.24, 2.45) is 0 Å². The first kappa shape index (κ1) is 24.2. The van der Waals surface area contributed by atoms with Crippen molar-refractivity contribution in [2.45, 2.75) is 11.8 Å². The first-order chi connectivity index (χ1) is 15.1. The van der Waals surface area contributed by atoms with Crippen LogP contribution in [0, 0.1) is 12.3 Å². The molecule has 0 atom stereocenters. The molecule has 10 heteroatoms. The van der Waals surface area contributed by atoms with Crippen LogP contribution in [0.4, 0.5) is 5.69 Å². The number of nitrogens with zero attached hydrogens (tertiary/aromatic N) is 1. The van der Waals surface area contributed by atoms with E-state index in [4.69, 9.17) is 57.6 Å². The second kappa shape index (κ2) is 10.0. The third kappa shape index (κ3) is 5.50.